The fraction of sp³-hybridized carbons (Fsp3) is 0.765. The van der Waals surface area contributed by atoms with Gasteiger partial charge < -0.3 is 0 Å². The highest BCUT2D eigenvalue weighted by Crippen LogP contribution is 2.55. The monoisotopic (exact) mass is 258 g/mol. The Morgan fingerprint density at radius 3 is 2.63 bits per heavy atom. The summed E-state index contributed by atoms with van der Waals surface area (Å²) in [6.45, 7) is 0. The van der Waals surface area contributed by atoms with Crippen molar-refractivity contribution in [1.82, 2.24) is 0 Å². The Bertz CT molecular complexity index is 462. The maximum atomic E-state index is 11.8. The summed E-state index contributed by atoms with van der Waals surface area (Å²) in [5.41, 5.74) is 1.44. The van der Waals surface area contributed by atoms with Gasteiger partial charge in [-0.15, -0.1) is 0 Å². The smallest absolute Gasteiger partial charge is 0.155 e. The number of hydrogen-bond donors (Lipinski definition) is 0. The molecule has 4 unspecified atom stereocenters. The lowest BCUT2D eigenvalue weighted by atomic mass is 9.56. The maximum absolute atomic E-state index is 11.8. The van der Waals surface area contributed by atoms with Gasteiger partial charge >= 0.3 is 0 Å². The maximum Gasteiger partial charge on any atom is 0.155 e. The van der Waals surface area contributed by atoms with Crippen molar-refractivity contribution < 1.29 is 9.59 Å². The van der Waals surface area contributed by atoms with Crippen molar-refractivity contribution in [2.45, 2.75) is 51.4 Å². The van der Waals surface area contributed by atoms with E-state index in [0.717, 1.165) is 43.9 Å². The lowest BCUT2D eigenvalue weighted by Gasteiger charge is -2.48. The van der Waals surface area contributed by atoms with Gasteiger partial charge in [-0.1, -0.05) is 5.57 Å². The van der Waals surface area contributed by atoms with Gasteiger partial charge in [-0.3, -0.25) is 9.59 Å². The molecule has 2 heteroatoms. The van der Waals surface area contributed by atoms with Crippen LogP contribution >= 0.6 is 0 Å². The molecule has 0 N–H and O–H groups in total. The zero-order chi connectivity index (χ0) is 13.0. The zero-order valence-corrected chi connectivity index (χ0v) is 11.4. The van der Waals surface area contributed by atoms with Crippen molar-refractivity contribution in [3.63, 3.8) is 0 Å². The van der Waals surface area contributed by atoms with E-state index in [1.165, 1.54) is 24.8 Å². The third kappa shape index (κ3) is 1.83. The molecule has 0 spiro atoms. The van der Waals surface area contributed by atoms with Gasteiger partial charge in [0.15, 0.2) is 5.78 Å². The molecule has 3 fully saturated rings. The van der Waals surface area contributed by atoms with Gasteiger partial charge in [0.1, 0.15) is 5.78 Å². The van der Waals surface area contributed by atoms with Gasteiger partial charge in [0, 0.05) is 19.3 Å². The number of Topliss-reactive ketones (excluding diaryl/α,β-unsaturated/α-hetero) is 1. The normalized spacial score (nSPS) is 45.3. The van der Waals surface area contributed by atoms with E-state index in [-0.39, 0.29) is 0 Å². The van der Waals surface area contributed by atoms with Gasteiger partial charge in [-0.25, -0.2) is 0 Å². The molecular formula is C17H22O2. The third-order valence-electron chi connectivity index (χ3n) is 6.34. The molecule has 0 saturated heterocycles. The van der Waals surface area contributed by atoms with Crippen molar-refractivity contribution in [3.8, 4) is 0 Å². The van der Waals surface area contributed by atoms with Crippen LogP contribution in [0.3, 0.4) is 0 Å². The molecule has 3 saturated carbocycles. The summed E-state index contributed by atoms with van der Waals surface area (Å²) in [6, 6.07) is 0. The van der Waals surface area contributed by atoms with Crippen molar-refractivity contribution in [1.29, 1.82) is 0 Å². The highest BCUT2D eigenvalue weighted by molar-refractivity contribution is 5.91. The minimum atomic E-state index is 0.342. The Morgan fingerprint density at radius 1 is 0.842 bits per heavy atom. The van der Waals surface area contributed by atoms with Crippen molar-refractivity contribution >= 4 is 11.6 Å². The van der Waals surface area contributed by atoms with E-state index in [9.17, 15) is 9.59 Å². The number of ketones is 2. The second-order valence-electron chi connectivity index (χ2n) is 7.15. The summed E-state index contributed by atoms with van der Waals surface area (Å²) in [5.74, 6) is 4.47. The van der Waals surface area contributed by atoms with E-state index in [4.69, 9.17) is 0 Å². The van der Waals surface area contributed by atoms with Crippen LogP contribution in [0.4, 0.5) is 0 Å². The van der Waals surface area contributed by atoms with Crippen LogP contribution in [-0.2, 0) is 9.59 Å². The molecule has 0 amide bonds. The molecule has 4 aliphatic rings. The van der Waals surface area contributed by atoms with E-state index >= 15 is 0 Å². The van der Waals surface area contributed by atoms with Gasteiger partial charge in [0.05, 0.1) is 0 Å². The van der Waals surface area contributed by atoms with Gasteiger partial charge in [-0.05, 0) is 67.8 Å². The van der Waals surface area contributed by atoms with Crippen molar-refractivity contribution in [3.05, 3.63) is 11.6 Å². The fourth-order valence-corrected chi connectivity index (χ4v) is 5.59. The predicted molar refractivity (Wildman–Crippen MR) is 72.5 cm³/mol. The first-order chi connectivity index (χ1) is 9.22. The van der Waals surface area contributed by atoms with E-state index in [1.54, 1.807) is 0 Å². The molecule has 0 aromatic rings. The molecule has 4 aliphatic carbocycles. The summed E-state index contributed by atoms with van der Waals surface area (Å²) < 4.78 is 0. The first-order valence-corrected chi connectivity index (χ1v) is 7.97. The number of rotatable bonds is 0. The Balaban J connectivity index is 1.61. The summed E-state index contributed by atoms with van der Waals surface area (Å²) in [4.78, 5) is 23.3. The molecule has 0 aromatic carbocycles. The van der Waals surface area contributed by atoms with Crippen LogP contribution in [0.1, 0.15) is 51.4 Å². The average Bonchev–Trinajstić information content (AvgIpc) is 2.78. The van der Waals surface area contributed by atoms with Gasteiger partial charge in [0.25, 0.3) is 0 Å². The Hall–Kier alpha value is -0.920. The molecular weight excluding hydrogens is 236 g/mol. The first kappa shape index (κ1) is 11.9. The van der Waals surface area contributed by atoms with E-state index in [0.29, 0.717) is 29.3 Å². The van der Waals surface area contributed by atoms with E-state index in [1.807, 2.05) is 6.08 Å². The molecule has 0 bridgehead atoms. The largest absolute Gasteiger partial charge is 0.300 e. The topological polar surface area (TPSA) is 34.1 Å². The van der Waals surface area contributed by atoms with E-state index < -0.39 is 0 Å². The molecule has 102 valence electrons. The summed E-state index contributed by atoms with van der Waals surface area (Å²) in [7, 11) is 0. The minimum Gasteiger partial charge on any atom is -0.300 e. The molecule has 0 radical (unpaired) electrons. The van der Waals surface area contributed by atoms with Crippen LogP contribution in [0.2, 0.25) is 0 Å². The van der Waals surface area contributed by atoms with Crippen LogP contribution in [0.15, 0.2) is 11.6 Å². The van der Waals surface area contributed by atoms with E-state index in [2.05, 4.69) is 0 Å². The second kappa shape index (κ2) is 4.29. The Labute approximate surface area is 114 Å². The average molecular weight is 258 g/mol. The zero-order valence-electron chi connectivity index (χ0n) is 11.4. The SMILES string of the molecule is O=C1C=C2CCC3C4CC(=O)CC4CC[C@H]3C2CC1. The quantitative estimate of drug-likeness (QED) is 0.668. The van der Waals surface area contributed by atoms with Crippen LogP contribution in [0, 0.1) is 29.6 Å². The fourth-order valence-electron chi connectivity index (χ4n) is 5.59. The summed E-state index contributed by atoms with van der Waals surface area (Å²) >= 11 is 0. The Morgan fingerprint density at radius 2 is 1.74 bits per heavy atom. The van der Waals surface area contributed by atoms with Crippen LogP contribution in [0.25, 0.3) is 0 Å². The lowest BCUT2D eigenvalue weighted by Crippen LogP contribution is -2.40. The molecule has 0 aliphatic heterocycles. The van der Waals surface area contributed by atoms with Crippen molar-refractivity contribution in [2.75, 3.05) is 0 Å². The Kier molecular flexibility index (Phi) is 2.68. The number of fused-ring (bicyclic) bond motifs is 5. The van der Waals surface area contributed by atoms with Crippen LogP contribution < -0.4 is 0 Å². The predicted octanol–water partition coefficient (Wildman–Crippen LogP) is 3.31. The van der Waals surface area contributed by atoms with Crippen LogP contribution in [0.5, 0.6) is 0 Å². The number of allylic oxidation sites excluding steroid dienone is 1. The molecule has 19 heavy (non-hydrogen) atoms. The second-order valence-corrected chi connectivity index (χ2v) is 7.15. The molecule has 5 atom stereocenters. The highest BCUT2D eigenvalue weighted by atomic mass is 16.1. The van der Waals surface area contributed by atoms with Crippen molar-refractivity contribution in [2.24, 2.45) is 29.6 Å². The molecule has 0 aromatic heterocycles. The first-order valence-electron chi connectivity index (χ1n) is 7.97. The summed E-state index contributed by atoms with van der Waals surface area (Å²) in [5, 5.41) is 0. The number of carbonyl (C=O) groups is 2. The standard InChI is InChI=1S/C17H22O2/c18-12-3-6-14-10(7-12)1-5-16-15(14)4-2-11-8-13(19)9-17(11)16/h7,11,14-17H,1-6,8-9H2/t11?,14?,15-,16?,17?/m0/s1. The number of hydrogen-bond acceptors (Lipinski definition) is 2. The number of carbonyl (C=O) groups excluding carboxylic acids is 2. The highest BCUT2D eigenvalue weighted by Gasteiger charge is 2.49. The lowest BCUT2D eigenvalue weighted by molar-refractivity contribution is -0.118. The molecule has 4 rings (SSSR count). The molecule has 2 nitrogen and oxygen atoms in total. The van der Waals surface area contributed by atoms with Crippen LogP contribution in [-0.4, -0.2) is 11.6 Å². The third-order valence-corrected chi connectivity index (χ3v) is 6.34. The molecule has 0 heterocycles. The van der Waals surface area contributed by atoms with Gasteiger partial charge in [-0.2, -0.15) is 0 Å². The minimum absolute atomic E-state index is 0.342. The summed E-state index contributed by atoms with van der Waals surface area (Å²) in [6.07, 6.45) is 10.4. The van der Waals surface area contributed by atoms with Gasteiger partial charge in [0.2, 0.25) is 0 Å².